The number of Topliss-reactive ketones (excluding diaryl/α,β-unsaturated/α-hetero) is 1. The fraction of sp³-hybridized carbons (Fsp3) is 0.294. The SMILES string of the molecule is COC(=O)c1oc2c(c1C)C(=O)C[C@H](c1ccccc1F)C2. The Kier molecular flexibility index (Phi) is 3.56. The number of methoxy groups -OCH3 is 1. The highest BCUT2D eigenvalue weighted by Crippen LogP contribution is 2.37. The molecule has 1 heterocycles. The van der Waals surface area contributed by atoms with E-state index < -0.39 is 5.97 Å². The zero-order chi connectivity index (χ0) is 15.9. The van der Waals surface area contributed by atoms with Crippen molar-refractivity contribution in [3.63, 3.8) is 0 Å². The van der Waals surface area contributed by atoms with Gasteiger partial charge in [0.05, 0.1) is 12.7 Å². The highest BCUT2D eigenvalue weighted by Gasteiger charge is 2.34. The molecule has 0 amide bonds. The summed E-state index contributed by atoms with van der Waals surface area (Å²) in [6.45, 7) is 1.66. The van der Waals surface area contributed by atoms with Crippen LogP contribution in [-0.4, -0.2) is 18.9 Å². The van der Waals surface area contributed by atoms with E-state index in [4.69, 9.17) is 4.42 Å². The Morgan fingerprint density at radius 2 is 2.05 bits per heavy atom. The summed E-state index contributed by atoms with van der Waals surface area (Å²) in [5.74, 6) is -0.872. The second-order valence-corrected chi connectivity index (χ2v) is 5.40. The highest BCUT2D eigenvalue weighted by molar-refractivity contribution is 6.03. The van der Waals surface area contributed by atoms with Gasteiger partial charge in [-0.25, -0.2) is 9.18 Å². The van der Waals surface area contributed by atoms with Crippen molar-refractivity contribution in [2.24, 2.45) is 0 Å². The third kappa shape index (κ3) is 2.22. The highest BCUT2D eigenvalue weighted by atomic mass is 19.1. The number of hydrogen-bond donors (Lipinski definition) is 0. The molecule has 0 N–H and O–H groups in total. The summed E-state index contributed by atoms with van der Waals surface area (Å²) in [7, 11) is 1.26. The van der Waals surface area contributed by atoms with E-state index in [-0.39, 0.29) is 29.7 Å². The van der Waals surface area contributed by atoms with E-state index in [0.29, 0.717) is 28.9 Å². The first kappa shape index (κ1) is 14.5. The predicted octanol–water partition coefficient (Wildman–Crippen LogP) is 3.43. The molecule has 0 unspecified atom stereocenters. The zero-order valence-electron chi connectivity index (χ0n) is 12.3. The number of esters is 1. The molecule has 1 aliphatic rings. The summed E-state index contributed by atoms with van der Waals surface area (Å²) >= 11 is 0. The molecule has 22 heavy (non-hydrogen) atoms. The average Bonchev–Trinajstić information content (AvgIpc) is 2.84. The predicted molar refractivity (Wildman–Crippen MR) is 76.6 cm³/mol. The number of halogens is 1. The van der Waals surface area contributed by atoms with E-state index in [1.807, 2.05) is 0 Å². The molecule has 1 aromatic carbocycles. The van der Waals surface area contributed by atoms with Gasteiger partial charge in [0, 0.05) is 24.3 Å². The Morgan fingerprint density at radius 1 is 1.32 bits per heavy atom. The molecule has 1 aliphatic carbocycles. The number of rotatable bonds is 2. The van der Waals surface area contributed by atoms with Crippen LogP contribution >= 0.6 is 0 Å². The summed E-state index contributed by atoms with van der Waals surface area (Å²) < 4.78 is 24.1. The maximum absolute atomic E-state index is 13.9. The van der Waals surface area contributed by atoms with Crippen LogP contribution < -0.4 is 0 Å². The molecular formula is C17H15FO4. The van der Waals surface area contributed by atoms with Gasteiger partial charge in [0.15, 0.2) is 5.78 Å². The van der Waals surface area contributed by atoms with Gasteiger partial charge in [-0.15, -0.1) is 0 Å². The van der Waals surface area contributed by atoms with Crippen molar-refractivity contribution in [2.45, 2.75) is 25.7 Å². The van der Waals surface area contributed by atoms with Gasteiger partial charge in [-0.3, -0.25) is 4.79 Å². The van der Waals surface area contributed by atoms with Crippen LogP contribution in [0, 0.1) is 12.7 Å². The van der Waals surface area contributed by atoms with E-state index in [2.05, 4.69) is 4.74 Å². The third-order valence-electron chi connectivity index (χ3n) is 4.08. The molecule has 0 fully saturated rings. The lowest BCUT2D eigenvalue weighted by atomic mass is 9.81. The Hall–Kier alpha value is -2.43. The molecule has 0 aliphatic heterocycles. The first-order valence-electron chi connectivity index (χ1n) is 7.01. The first-order valence-corrected chi connectivity index (χ1v) is 7.01. The van der Waals surface area contributed by atoms with Crippen LogP contribution in [-0.2, 0) is 11.2 Å². The minimum absolute atomic E-state index is 0.0510. The molecule has 2 aromatic rings. The van der Waals surface area contributed by atoms with Crippen LogP contribution in [0.2, 0.25) is 0 Å². The maximum atomic E-state index is 13.9. The lowest BCUT2D eigenvalue weighted by molar-refractivity contribution is 0.0561. The maximum Gasteiger partial charge on any atom is 0.374 e. The largest absolute Gasteiger partial charge is 0.463 e. The number of hydrogen-bond acceptors (Lipinski definition) is 4. The standard InChI is InChI=1S/C17H15FO4/c1-9-15-13(19)7-10(11-5-3-4-6-12(11)18)8-14(15)22-16(9)17(20)21-2/h3-6,10H,7-8H2,1-2H3/t10-/m0/s1. The molecule has 1 atom stereocenters. The summed E-state index contributed by atoms with van der Waals surface area (Å²) in [6.07, 6.45) is 0.592. The molecule has 0 radical (unpaired) electrons. The lowest BCUT2D eigenvalue weighted by Gasteiger charge is -2.21. The summed E-state index contributed by atoms with van der Waals surface area (Å²) in [5.41, 5.74) is 1.43. The van der Waals surface area contributed by atoms with Gasteiger partial charge < -0.3 is 9.15 Å². The molecule has 0 spiro atoms. The van der Waals surface area contributed by atoms with Crippen LogP contribution in [0.3, 0.4) is 0 Å². The fourth-order valence-electron chi connectivity index (χ4n) is 3.02. The Balaban J connectivity index is 2.02. The molecule has 114 valence electrons. The van der Waals surface area contributed by atoms with Crippen molar-refractivity contribution in [3.05, 3.63) is 58.3 Å². The zero-order valence-corrected chi connectivity index (χ0v) is 12.3. The molecule has 5 heteroatoms. The van der Waals surface area contributed by atoms with Gasteiger partial charge in [0.2, 0.25) is 5.76 Å². The van der Waals surface area contributed by atoms with Crippen LogP contribution in [0.5, 0.6) is 0 Å². The minimum Gasteiger partial charge on any atom is -0.463 e. The number of carbonyl (C=O) groups is 2. The number of benzene rings is 1. The minimum atomic E-state index is -0.609. The van der Waals surface area contributed by atoms with Gasteiger partial charge in [0.1, 0.15) is 11.6 Å². The number of ether oxygens (including phenoxy) is 1. The molecule has 0 saturated carbocycles. The van der Waals surface area contributed by atoms with Crippen molar-refractivity contribution in [2.75, 3.05) is 7.11 Å². The molecule has 0 saturated heterocycles. The molecule has 0 bridgehead atoms. The smallest absolute Gasteiger partial charge is 0.374 e. The van der Waals surface area contributed by atoms with Gasteiger partial charge in [-0.2, -0.15) is 0 Å². The van der Waals surface area contributed by atoms with Gasteiger partial charge >= 0.3 is 5.97 Å². The summed E-state index contributed by atoms with van der Waals surface area (Å²) in [4.78, 5) is 24.1. The Bertz CT molecular complexity index is 760. The van der Waals surface area contributed by atoms with Crippen LogP contribution in [0.25, 0.3) is 0 Å². The van der Waals surface area contributed by atoms with Crippen molar-refractivity contribution >= 4 is 11.8 Å². The molecule has 3 rings (SSSR count). The van der Waals surface area contributed by atoms with Crippen LogP contribution in [0.1, 0.15) is 50.1 Å². The van der Waals surface area contributed by atoms with E-state index in [1.54, 1.807) is 25.1 Å². The third-order valence-corrected chi connectivity index (χ3v) is 4.08. The van der Waals surface area contributed by atoms with E-state index >= 15 is 0 Å². The Labute approximate surface area is 126 Å². The number of ketones is 1. The molecule has 4 nitrogen and oxygen atoms in total. The van der Waals surface area contributed by atoms with Crippen molar-refractivity contribution < 1.29 is 23.1 Å². The van der Waals surface area contributed by atoms with E-state index in [0.717, 1.165) is 0 Å². The van der Waals surface area contributed by atoms with Crippen molar-refractivity contribution in [1.82, 2.24) is 0 Å². The van der Waals surface area contributed by atoms with Crippen molar-refractivity contribution in [1.29, 1.82) is 0 Å². The summed E-state index contributed by atoms with van der Waals surface area (Å²) in [5, 5.41) is 0. The van der Waals surface area contributed by atoms with Gasteiger partial charge in [0.25, 0.3) is 0 Å². The van der Waals surface area contributed by atoms with Crippen molar-refractivity contribution in [3.8, 4) is 0 Å². The van der Waals surface area contributed by atoms with Crippen LogP contribution in [0.15, 0.2) is 28.7 Å². The monoisotopic (exact) mass is 302 g/mol. The topological polar surface area (TPSA) is 56.5 Å². The summed E-state index contributed by atoms with van der Waals surface area (Å²) in [6, 6.07) is 6.41. The van der Waals surface area contributed by atoms with Gasteiger partial charge in [-0.1, -0.05) is 18.2 Å². The number of carbonyl (C=O) groups excluding carboxylic acids is 2. The van der Waals surface area contributed by atoms with Crippen LogP contribution in [0.4, 0.5) is 4.39 Å². The first-order chi connectivity index (χ1) is 10.5. The number of furan rings is 1. The normalized spacial score (nSPS) is 17.2. The average molecular weight is 302 g/mol. The second kappa shape index (κ2) is 5.40. The Morgan fingerprint density at radius 3 is 2.73 bits per heavy atom. The van der Waals surface area contributed by atoms with E-state index in [9.17, 15) is 14.0 Å². The second-order valence-electron chi connectivity index (χ2n) is 5.40. The number of fused-ring (bicyclic) bond motifs is 1. The molecular weight excluding hydrogens is 287 g/mol. The lowest BCUT2D eigenvalue weighted by Crippen LogP contribution is -2.18. The van der Waals surface area contributed by atoms with Gasteiger partial charge in [-0.05, 0) is 18.6 Å². The quantitative estimate of drug-likeness (QED) is 0.798. The van der Waals surface area contributed by atoms with E-state index in [1.165, 1.54) is 13.2 Å². The fourth-order valence-corrected chi connectivity index (χ4v) is 3.02. The molecule has 1 aromatic heterocycles.